The fraction of sp³-hybridized carbons (Fsp3) is 0.938. The van der Waals surface area contributed by atoms with Crippen LogP contribution in [0.1, 0.15) is 71.6 Å². The van der Waals surface area contributed by atoms with Gasteiger partial charge in [-0.3, -0.25) is 0 Å². The van der Waals surface area contributed by atoms with Gasteiger partial charge >= 0.3 is 0 Å². The summed E-state index contributed by atoms with van der Waals surface area (Å²) in [5.74, 6) is -0.263. The van der Waals surface area contributed by atoms with Crippen molar-refractivity contribution in [2.45, 2.75) is 77.4 Å². The first-order valence-electron chi connectivity index (χ1n) is 7.64. The molecule has 0 amide bonds. The number of hydrogen-bond donors (Lipinski definition) is 0. The maximum absolute atomic E-state index is 8.74. The number of rotatable bonds is 12. The Labute approximate surface area is 119 Å². The van der Waals surface area contributed by atoms with Crippen LogP contribution in [-0.2, 0) is 9.47 Å². The quantitative estimate of drug-likeness (QED) is 0.382. The second kappa shape index (κ2) is 11.3. The normalized spacial score (nSPS) is 13.2. The molecule has 3 nitrogen and oxygen atoms in total. The second-order valence-electron chi connectivity index (χ2n) is 5.34. The Morgan fingerprint density at radius 3 is 2.16 bits per heavy atom. The Balaban J connectivity index is 4.04. The first-order chi connectivity index (χ1) is 9.16. The molecule has 0 saturated heterocycles. The predicted octanol–water partition coefficient (Wildman–Crippen LogP) is 4.67. The van der Waals surface area contributed by atoms with Gasteiger partial charge in [-0.2, -0.15) is 5.26 Å². The van der Waals surface area contributed by atoms with E-state index in [0.717, 1.165) is 6.42 Å². The third-order valence-electron chi connectivity index (χ3n) is 4.02. The van der Waals surface area contributed by atoms with Crippen LogP contribution in [0.25, 0.3) is 0 Å². The van der Waals surface area contributed by atoms with Crippen LogP contribution in [0.3, 0.4) is 0 Å². The van der Waals surface area contributed by atoms with Crippen molar-refractivity contribution in [1.29, 1.82) is 5.26 Å². The van der Waals surface area contributed by atoms with Gasteiger partial charge in [-0.25, -0.2) is 0 Å². The molecule has 1 unspecified atom stereocenters. The van der Waals surface area contributed by atoms with Crippen LogP contribution in [0.4, 0.5) is 0 Å². The van der Waals surface area contributed by atoms with Crippen molar-refractivity contribution in [3.05, 3.63) is 0 Å². The van der Waals surface area contributed by atoms with Gasteiger partial charge in [0.1, 0.15) is 0 Å². The summed E-state index contributed by atoms with van der Waals surface area (Å²) >= 11 is 0. The zero-order valence-electron chi connectivity index (χ0n) is 13.2. The Morgan fingerprint density at radius 2 is 1.63 bits per heavy atom. The second-order valence-corrected chi connectivity index (χ2v) is 5.34. The van der Waals surface area contributed by atoms with E-state index in [-0.39, 0.29) is 0 Å². The molecule has 112 valence electrons. The highest BCUT2D eigenvalue weighted by Gasteiger charge is 2.35. The monoisotopic (exact) mass is 269 g/mol. The molecule has 0 aromatic carbocycles. The minimum atomic E-state index is -0.584. The van der Waals surface area contributed by atoms with Crippen LogP contribution in [0.5, 0.6) is 0 Å². The number of hydrogen-bond acceptors (Lipinski definition) is 3. The van der Waals surface area contributed by atoms with Crippen LogP contribution in [0.15, 0.2) is 0 Å². The fourth-order valence-electron chi connectivity index (χ4n) is 2.62. The van der Waals surface area contributed by atoms with Crippen molar-refractivity contribution in [3.63, 3.8) is 0 Å². The summed E-state index contributed by atoms with van der Waals surface area (Å²) in [6.07, 6.45) is 10.0. The van der Waals surface area contributed by atoms with E-state index in [0.29, 0.717) is 18.8 Å². The van der Waals surface area contributed by atoms with Crippen LogP contribution >= 0.6 is 0 Å². The lowest BCUT2D eigenvalue weighted by atomic mass is 9.90. The van der Waals surface area contributed by atoms with E-state index in [1.165, 1.54) is 38.5 Å². The molecule has 19 heavy (non-hydrogen) atoms. The van der Waals surface area contributed by atoms with E-state index in [9.17, 15) is 0 Å². The highest BCUT2D eigenvalue weighted by atomic mass is 16.7. The summed E-state index contributed by atoms with van der Waals surface area (Å²) in [5.41, 5.74) is 0. The Hall–Kier alpha value is -0.590. The van der Waals surface area contributed by atoms with Gasteiger partial charge in [0.15, 0.2) is 5.79 Å². The van der Waals surface area contributed by atoms with Gasteiger partial charge in [-0.1, -0.05) is 52.4 Å². The summed E-state index contributed by atoms with van der Waals surface area (Å²) in [6.45, 7) is 4.40. The molecule has 0 aromatic rings. The molecule has 0 fully saturated rings. The van der Waals surface area contributed by atoms with Crippen molar-refractivity contribution in [1.82, 2.24) is 0 Å². The molecule has 0 aliphatic heterocycles. The maximum atomic E-state index is 8.74. The highest BCUT2D eigenvalue weighted by molar-refractivity contribution is 4.82. The van der Waals surface area contributed by atoms with Crippen molar-refractivity contribution < 1.29 is 9.47 Å². The van der Waals surface area contributed by atoms with Gasteiger partial charge in [-0.15, -0.1) is 0 Å². The van der Waals surface area contributed by atoms with Crippen molar-refractivity contribution in [2.24, 2.45) is 5.92 Å². The van der Waals surface area contributed by atoms with Crippen molar-refractivity contribution in [2.75, 3.05) is 14.2 Å². The third-order valence-corrected chi connectivity index (χ3v) is 4.02. The summed E-state index contributed by atoms with van der Waals surface area (Å²) in [4.78, 5) is 0. The third kappa shape index (κ3) is 6.94. The lowest BCUT2D eigenvalue weighted by molar-refractivity contribution is -0.241. The molecule has 0 spiro atoms. The smallest absolute Gasteiger partial charge is 0.171 e. The number of nitriles is 1. The molecule has 1 atom stereocenters. The largest absolute Gasteiger partial charge is 0.353 e. The SMILES string of the molecule is CCCCCCCCC(C)C(CCC#N)(OC)OC. The Bertz CT molecular complexity index is 244. The van der Waals surface area contributed by atoms with Crippen LogP contribution < -0.4 is 0 Å². The Morgan fingerprint density at radius 1 is 1.05 bits per heavy atom. The molecule has 0 heterocycles. The Kier molecular flexibility index (Phi) is 10.9. The van der Waals surface area contributed by atoms with Crippen molar-refractivity contribution in [3.8, 4) is 6.07 Å². The standard InChI is InChI=1S/C16H31NO2/c1-5-6-7-8-9-10-12-15(2)16(18-3,19-4)13-11-14-17/h15H,5-13H2,1-4H3. The molecular formula is C16H31NO2. The van der Waals surface area contributed by atoms with E-state index in [1.807, 2.05) is 0 Å². The summed E-state index contributed by atoms with van der Waals surface area (Å²) in [7, 11) is 3.36. The van der Waals surface area contributed by atoms with Gasteiger partial charge in [-0.05, 0) is 6.42 Å². The minimum Gasteiger partial charge on any atom is -0.353 e. The molecule has 0 aliphatic rings. The van der Waals surface area contributed by atoms with E-state index in [2.05, 4.69) is 19.9 Å². The van der Waals surface area contributed by atoms with E-state index >= 15 is 0 Å². The van der Waals surface area contributed by atoms with Gasteiger partial charge in [0, 0.05) is 33.0 Å². The van der Waals surface area contributed by atoms with E-state index in [1.54, 1.807) is 14.2 Å². The van der Waals surface area contributed by atoms with Crippen LogP contribution in [-0.4, -0.2) is 20.0 Å². The molecule has 0 radical (unpaired) electrons. The molecule has 0 aromatic heterocycles. The molecular weight excluding hydrogens is 238 g/mol. The van der Waals surface area contributed by atoms with Crippen LogP contribution in [0, 0.1) is 17.2 Å². The van der Waals surface area contributed by atoms with Gasteiger partial charge < -0.3 is 9.47 Å². The van der Waals surface area contributed by atoms with E-state index < -0.39 is 5.79 Å². The predicted molar refractivity (Wildman–Crippen MR) is 78.8 cm³/mol. The zero-order chi connectivity index (χ0) is 14.6. The number of methoxy groups -OCH3 is 2. The summed E-state index contributed by atoms with van der Waals surface area (Å²) < 4.78 is 11.1. The van der Waals surface area contributed by atoms with Gasteiger partial charge in [0.2, 0.25) is 0 Å². The first-order valence-corrected chi connectivity index (χ1v) is 7.64. The average Bonchev–Trinajstić information content (AvgIpc) is 2.44. The number of nitrogens with zero attached hydrogens (tertiary/aromatic N) is 1. The molecule has 0 rings (SSSR count). The van der Waals surface area contributed by atoms with Gasteiger partial charge in [0.05, 0.1) is 6.07 Å². The van der Waals surface area contributed by atoms with Crippen LogP contribution in [0.2, 0.25) is 0 Å². The maximum Gasteiger partial charge on any atom is 0.171 e. The average molecular weight is 269 g/mol. The van der Waals surface area contributed by atoms with E-state index in [4.69, 9.17) is 14.7 Å². The van der Waals surface area contributed by atoms with Gasteiger partial charge in [0.25, 0.3) is 0 Å². The summed E-state index contributed by atoms with van der Waals surface area (Å²) in [6, 6.07) is 2.18. The fourth-order valence-corrected chi connectivity index (χ4v) is 2.62. The summed E-state index contributed by atoms with van der Waals surface area (Å²) in [5, 5.41) is 8.74. The lowest BCUT2D eigenvalue weighted by Crippen LogP contribution is -2.40. The molecule has 0 N–H and O–H groups in total. The molecule has 0 saturated carbocycles. The number of ether oxygens (including phenoxy) is 2. The highest BCUT2D eigenvalue weighted by Crippen LogP contribution is 2.31. The number of unbranched alkanes of at least 4 members (excludes halogenated alkanes) is 5. The zero-order valence-corrected chi connectivity index (χ0v) is 13.2. The molecule has 0 bridgehead atoms. The van der Waals surface area contributed by atoms with Crippen molar-refractivity contribution >= 4 is 0 Å². The lowest BCUT2D eigenvalue weighted by Gasteiger charge is -2.36. The topological polar surface area (TPSA) is 42.2 Å². The first kappa shape index (κ1) is 18.4. The minimum absolute atomic E-state index is 0.321. The molecule has 0 aliphatic carbocycles. The molecule has 3 heteroatoms.